The third kappa shape index (κ3) is 3.46. The van der Waals surface area contributed by atoms with Crippen molar-refractivity contribution in [3.8, 4) is 22.6 Å². The zero-order valence-electron chi connectivity index (χ0n) is 15.1. The van der Waals surface area contributed by atoms with Gasteiger partial charge in [-0.25, -0.2) is 0 Å². The Morgan fingerprint density at radius 3 is 2.65 bits per heavy atom. The molecule has 4 heteroatoms. The van der Waals surface area contributed by atoms with Crippen LogP contribution < -0.4 is 4.74 Å². The zero-order valence-corrected chi connectivity index (χ0v) is 15.1. The van der Waals surface area contributed by atoms with E-state index in [0.29, 0.717) is 12.4 Å². The van der Waals surface area contributed by atoms with E-state index in [1.54, 1.807) is 0 Å². The van der Waals surface area contributed by atoms with Gasteiger partial charge in [0.1, 0.15) is 6.61 Å². The minimum atomic E-state index is 0.230. The number of fused-ring (bicyclic) bond motifs is 1. The van der Waals surface area contributed by atoms with Gasteiger partial charge in [-0.05, 0) is 47.9 Å². The second-order valence-electron chi connectivity index (χ2n) is 6.84. The van der Waals surface area contributed by atoms with Crippen molar-refractivity contribution in [2.75, 3.05) is 19.7 Å². The number of aryl methyl sites for hydroxylation is 1. The highest BCUT2D eigenvalue weighted by Crippen LogP contribution is 2.38. The maximum atomic E-state index is 10.5. The van der Waals surface area contributed by atoms with Crippen LogP contribution in [0, 0.1) is 6.92 Å². The lowest BCUT2D eigenvalue weighted by atomic mass is 9.98. The number of benzene rings is 2. The predicted octanol–water partition coefficient (Wildman–Crippen LogP) is 4.06. The lowest BCUT2D eigenvalue weighted by Crippen LogP contribution is -2.29. The van der Waals surface area contributed by atoms with Crippen LogP contribution in [0.2, 0.25) is 0 Å². The summed E-state index contributed by atoms with van der Waals surface area (Å²) in [4.78, 5) is 2.38. The molecule has 0 saturated heterocycles. The number of hydrogen-bond donors (Lipinski definition) is 1. The minimum Gasteiger partial charge on any atom is -0.504 e. The summed E-state index contributed by atoms with van der Waals surface area (Å²) in [5.74, 6) is 0.860. The van der Waals surface area contributed by atoms with E-state index in [4.69, 9.17) is 4.74 Å². The molecule has 4 rings (SSSR count). The molecule has 1 aliphatic heterocycles. The quantitative estimate of drug-likeness (QED) is 0.772. The van der Waals surface area contributed by atoms with Crippen molar-refractivity contribution in [3.63, 3.8) is 0 Å². The fourth-order valence-corrected chi connectivity index (χ4v) is 3.57. The summed E-state index contributed by atoms with van der Waals surface area (Å²) >= 11 is 0. The fraction of sp³-hybridized carbons (Fsp3) is 0.273. The number of nitrogens with zero attached hydrogens (tertiary/aromatic N) is 2. The van der Waals surface area contributed by atoms with E-state index in [2.05, 4.69) is 47.0 Å². The molecule has 0 aliphatic carbocycles. The number of ether oxygens (including phenoxy) is 1. The number of phenolic OH excluding ortho intramolecular Hbond substituents is 1. The van der Waals surface area contributed by atoms with Crippen LogP contribution in [0.3, 0.4) is 0 Å². The molecule has 2 heterocycles. The molecule has 134 valence electrons. The lowest BCUT2D eigenvalue weighted by Gasteiger charge is -2.20. The molecule has 1 aliphatic rings. The van der Waals surface area contributed by atoms with E-state index in [1.165, 1.54) is 5.56 Å². The van der Waals surface area contributed by atoms with E-state index < -0.39 is 0 Å². The molecule has 0 radical (unpaired) electrons. The Balaban J connectivity index is 1.60. The Kier molecular flexibility index (Phi) is 4.67. The van der Waals surface area contributed by atoms with Gasteiger partial charge in [-0.2, -0.15) is 0 Å². The second-order valence-corrected chi connectivity index (χ2v) is 6.84. The van der Waals surface area contributed by atoms with Gasteiger partial charge in [-0.3, -0.25) is 4.90 Å². The Bertz CT molecular complexity index is 887. The Labute approximate surface area is 154 Å². The molecule has 0 fully saturated rings. The second kappa shape index (κ2) is 7.26. The van der Waals surface area contributed by atoms with Gasteiger partial charge in [-0.15, -0.1) is 0 Å². The number of aromatic hydroxyl groups is 1. The Morgan fingerprint density at radius 1 is 1.04 bits per heavy atom. The van der Waals surface area contributed by atoms with Crippen LogP contribution in [0.1, 0.15) is 11.1 Å². The summed E-state index contributed by atoms with van der Waals surface area (Å²) in [5, 5.41) is 10.5. The predicted molar refractivity (Wildman–Crippen MR) is 103 cm³/mol. The van der Waals surface area contributed by atoms with Gasteiger partial charge in [-0.1, -0.05) is 24.3 Å². The fourth-order valence-electron chi connectivity index (χ4n) is 3.57. The first-order valence-electron chi connectivity index (χ1n) is 9.08. The van der Waals surface area contributed by atoms with Crippen molar-refractivity contribution in [1.82, 2.24) is 9.47 Å². The van der Waals surface area contributed by atoms with Crippen molar-refractivity contribution in [2.45, 2.75) is 20.0 Å². The summed E-state index contributed by atoms with van der Waals surface area (Å²) in [5.41, 5.74) is 4.43. The number of hydrogen-bond acceptors (Lipinski definition) is 3. The first kappa shape index (κ1) is 16.7. The molecular formula is C22H24N2O2. The maximum absolute atomic E-state index is 10.5. The monoisotopic (exact) mass is 348 g/mol. The molecule has 0 saturated carbocycles. The van der Waals surface area contributed by atoms with Crippen LogP contribution in [-0.4, -0.2) is 34.3 Å². The highest BCUT2D eigenvalue weighted by Gasteiger charge is 2.20. The molecule has 26 heavy (non-hydrogen) atoms. The topological polar surface area (TPSA) is 37.6 Å². The van der Waals surface area contributed by atoms with Gasteiger partial charge in [0, 0.05) is 44.1 Å². The van der Waals surface area contributed by atoms with Crippen LogP contribution in [0.25, 0.3) is 11.1 Å². The molecule has 0 unspecified atom stereocenters. The van der Waals surface area contributed by atoms with Gasteiger partial charge >= 0.3 is 0 Å². The van der Waals surface area contributed by atoms with Crippen molar-refractivity contribution in [2.24, 2.45) is 0 Å². The van der Waals surface area contributed by atoms with E-state index >= 15 is 0 Å². The molecule has 1 aromatic heterocycles. The first-order valence-corrected chi connectivity index (χ1v) is 9.08. The summed E-state index contributed by atoms with van der Waals surface area (Å²) in [6.45, 7) is 6.23. The molecule has 1 N–H and O–H groups in total. The highest BCUT2D eigenvalue weighted by atomic mass is 16.5. The molecule has 2 aromatic carbocycles. The summed E-state index contributed by atoms with van der Waals surface area (Å²) in [6, 6.07) is 16.3. The van der Waals surface area contributed by atoms with Crippen molar-refractivity contribution in [3.05, 3.63) is 72.1 Å². The molecule has 0 bridgehead atoms. The zero-order chi connectivity index (χ0) is 17.9. The first-order chi connectivity index (χ1) is 12.7. The third-order valence-corrected chi connectivity index (χ3v) is 4.99. The number of aromatic nitrogens is 1. The maximum Gasteiger partial charge on any atom is 0.165 e. The molecule has 3 aromatic rings. The average molecular weight is 348 g/mol. The van der Waals surface area contributed by atoms with Crippen LogP contribution in [-0.2, 0) is 13.1 Å². The molecule has 0 atom stereocenters. The van der Waals surface area contributed by atoms with E-state index in [9.17, 15) is 5.11 Å². The van der Waals surface area contributed by atoms with Gasteiger partial charge in [0.05, 0.1) is 0 Å². The van der Waals surface area contributed by atoms with Crippen molar-refractivity contribution in [1.29, 1.82) is 0 Å². The number of rotatable bonds is 4. The van der Waals surface area contributed by atoms with Gasteiger partial charge in [0.15, 0.2) is 11.5 Å². The van der Waals surface area contributed by atoms with Crippen LogP contribution >= 0.6 is 0 Å². The normalized spacial score (nSPS) is 14.5. The Morgan fingerprint density at radius 2 is 1.85 bits per heavy atom. The summed E-state index contributed by atoms with van der Waals surface area (Å²) in [7, 11) is 0. The van der Waals surface area contributed by atoms with E-state index in [-0.39, 0.29) is 5.75 Å². The van der Waals surface area contributed by atoms with Gasteiger partial charge in [0.25, 0.3) is 0 Å². The molecular weight excluding hydrogens is 324 g/mol. The summed E-state index contributed by atoms with van der Waals surface area (Å²) in [6.07, 6.45) is 4.18. The van der Waals surface area contributed by atoms with E-state index in [0.717, 1.165) is 42.9 Å². The minimum absolute atomic E-state index is 0.230. The van der Waals surface area contributed by atoms with Crippen LogP contribution in [0.15, 0.2) is 60.9 Å². The van der Waals surface area contributed by atoms with Gasteiger partial charge < -0.3 is 14.4 Å². The van der Waals surface area contributed by atoms with Crippen molar-refractivity contribution >= 4 is 0 Å². The largest absolute Gasteiger partial charge is 0.504 e. The highest BCUT2D eigenvalue weighted by molar-refractivity contribution is 5.71. The molecule has 4 nitrogen and oxygen atoms in total. The summed E-state index contributed by atoms with van der Waals surface area (Å²) < 4.78 is 8.06. The lowest BCUT2D eigenvalue weighted by molar-refractivity contribution is 0.217. The Hall–Kier alpha value is -2.72. The molecule has 0 amide bonds. The van der Waals surface area contributed by atoms with Crippen molar-refractivity contribution < 1.29 is 9.84 Å². The molecule has 0 spiro atoms. The SMILES string of the molecule is Cc1ccccc1-c1cc(O)c2c(c1)CN(CCn1cccc1)CCO2. The van der Waals surface area contributed by atoms with E-state index in [1.807, 2.05) is 30.3 Å². The van der Waals surface area contributed by atoms with Crippen LogP contribution in [0.4, 0.5) is 0 Å². The van der Waals surface area contributed by atoms with Gasteiger partial charge in [0.2, 0.25) is 0 Å². The standard InChI is InChI=1S/C22H24N2O2/c1-17-6-2-3-7-20(17)18-14-19-16-24(11-10-23-8-4-5-9-23)12-13-26-22(19)21(25)15-18/h2-9,14-15,25H,10-13,16H2,1H3. The smallest absolute Gasteiger partial charge is 0.165 e. The number of phenols is 1. The third-order valence-electron chi connectivity index (χ3n) is 4.99. The average Bonchev–Trinajstić information content (AvgIpc) is 3.06. The van der Waals surface area contributed by atoms with Crippen LogP contribution in [0.5, 0.6) is 11.5 Å².